The molecule has 1 amide bonds. The van der Waals surface area contributed by atoms with Crippen LogP contribution in [0.4, 0.5) is 10.2 Å². The summed E-state index contributed by atoms with van der Waals surface area (Å²) in [4.78, 5) is 22.5. The van der Waals surface area contributed by atoms with Crippen molar-refractivity contribution in [1.82, 2.24) is 20.0 Å². The fourth-order valence-corrected chi connectivity index (χ4v) is 3.77. The molecule has 0 aliphatic carbocycles. The number of nitrogens with one attached hydrogen (secondary N) is 1. The van der Waals surface area contributed by atoms with Crippen LogP contribution in [0.3, 0.4) is 0 Å². The second-order valence-corrected chi connectivity index (χ2v) is 8.00. The topological polar surface area (TPSA) is 98.2 Å². The minimum atomic E-state index is -0.437. The minimum absolute atomic E-state index is 0.0974. The number of para-hydroxylation sites is 2. The van der Waals surface area contributed by atoms with Gasteiger partial charge in [0.2, 0.25) is 0 Å². The van der Waals surface area contributed by atoms with Crippen molar-refractivity contribution in [2.24, 2.45) is 5.10 Å². The second kappa shape index (κ2) is 8.92. The molecular weight excluding hydrogens is 455 g/mol. The lowest BCUT2D eigenvalue weighted by Gasteiger charge is -2.06. The second-order valence-electron chi connectivity index (χ2n) is 7.57. The van der Waals surface area contributed by atoms with Crippen molar-refractivity contribution in [2.75, 3.05) is 5.73 Å². The zero-order valence-corrected chi connectivity index (χ0v) is 18.5. The van der Waals surface area contributed by atoms with Crippen molar-refractivity contribution >= 4 is 51.7 Å². The number of nitrogens with two attached hydrogens (primary N) is 1. The van der Waals surface area contributed by atoms with E-state index in [1.165, 1.54) is 16.8 Å². The molecule has 0 atom stereocenters. The van der Waals surface area contributed by atoms with Crippen LogP contribution in [-0.4, -0.2) is 26.8 Å². The number of rotatable bonds is 5. The molecule has 0 saturated carbocycles. The lowest BCUT2D eigenvalue weighted by Crippen LogP contribution is -2.23. The summed E-state index contributed by atoms with van der Waals surface area (Å²) in [7, 11) is 0. The predicted molar refractivity (Wildman–Crippen MR) is 131 cm³/mol. The lowest BCUT2D eigenvalue weighted by molar-refractivity contribution is 0.0953. The van der Waals surface area contributed by atoms with Gasteiger partial charge in [-0.2, -0.15) is 9.78 Å². The van der Waals surface area contributed by atoms with Crippen molar-refractivity contribution in [3.8, 4) is 0 Å². The maximum absolute atomic E-state index is 13.2. The molecule has 2 heterocycles. The van der Waals surface area contributed by atoms with Gasteiger partial charge in [-0.25, -0.2) is 14.4 Å². The first kappa shape index (κ1) is 21.5. The molecular formula is C25H18ClFN6O. The Bertz CT molecular complexity index is 1560. The van der Waals surface area contributed by atoms with Gasteiger partial charge in [-0.3, -0.25) is 4.79 Å². The third-order valence-corrected chi connectivity index (χ3v) is 5.47. The average molecular weight is 473 g/mol. The molecule has 34 heavy (non-hydrogen) atoms. The molecule has 168 valence electrons. The summed E-state index contributed by atoms with van der Waals surface area (Å²) in [6, 6.07) is 20.4. The highest BCUT2D eigenvalue weighted by Gasteiger charge is 2.24. The highest BCUT2D eigenvalue weighted by Crippen LogP contribution is 2.28. The monoisotopic (exact) mass is 472 g/mol. The van der Waals surface area contributed by atoms with Gasteiger partial charge in [0.25, 0.3) is 5.91 Å². The summed E-state index contributed by atoms with van der Waals surface area (Å²) >= 11 is 6.07. The quantitative estimate of drug-likeness (QED) is 0.360. The smallest absolute Gasteiger partial charge is 0.257 e. The third kappa shape index (κ3) is 4.18. The molecule has 7 nitrogen and oxygen atoms in total. The number of nitrogens with zero attached hydrogens (tertiary/aromatic N) is 4. The minimum Gasteiger partial charge on any atom is -0.383 e. The van der Waals surface area contributed by atoms with Crippen molar-refractivity contribution < 1.29 is 9.18 Å². The van der Waals surface area contributed by atoms with Gasteiger partial charge in [-0.1, -0.05) is 48.0 Å². The van der Waals surface area contributed by atoms with Crippen LogP contribution in [0.25, 0.3) is 22.2 Å². The average Bonchev–Trinajstić information content (AvgIpc) is 3.10. The van der Waals surface area contributed by atoms with Crippen LogP contribution >= 0.6 is 11.6 Å². The molecule has 9 heteroatoms. The number of hydrogen-bond acceptors (Lipinski definition) is 5. The zero-order chi connectivity index (χ0) is 23.7. The van der Waals surface area contributed by atoms with Crippen molar-refractivity contribution in [3.05, 3.63) is 100 Å². The Morgan fingerprint density at radius 3 is 2.53 bits per heavy atom. The number of halogens is 2. The maximum atomic E-state index is 13.2. The first-order valence-corrected chi connectivity index (χ1v) is 10.8. The fourth-order valence-electron chi connectivity index (χ4n) is 3.57. The summed E-state index contributed by atoms with van der Waals surface area (Å²) in [5.41, 5.74) is 10.0. The van der Waals surface area contributed by atoms with E-state index >= 15 is 0 Å². The molecule has 0 bridgehead atoms. The number of hydrogen-bond donors (Lipinski definition) is 2. The highest BCUT2D eigenvalue weighted by molar-refractivity contribution is 6.30. The van der Waals surface area contributed by atoms with E-state index < -0.39 is 5.91 Å². The van der Waals surface area contributed by atoms with Crippen LogP contribution in [0.5, 0.6) is 0 Å². The number of anilines is 1. The first-order chi connectivity index (χ1) is 16.5. The van der Waals surface area contributed by atoms with E-state index in [1.807, 2.05) is 36.4 Å². The Morgan fingerprint density at radius 1 is 1.06 bits per heavy atom. The third-order valence-electron chi connectivity index (χ3n) is 5.24. The van der Waals surface area contributed by atoms with Gasteiger partial charge in [-0.05, 0) is 47.5 Å². The van der Waals surface area contributed by atoms with Crippen LogP contribution in [-0.2, 0) is 6.54 Å². The van der Waals surface area contributed by atoms with Gasteiger partial charge in [-0.15, -0.1) is 0 Å². The highest BCUT2D eigenvalue weighted by atomic mass is 35.5. The molecule has 0 aliphatic rings. The lowest BCUT2D eigenvalue weighted by atomic mass is 10.2. The standard InChI is InChI=1S/C25H18ClFN6O/c26-17-5-3-4-16(12-17)14-30-33-23(28)21(25(34)29-13-15-8-10-18(27)11-9-15)22-24(33)32-20-7-2-1-6-19(20)31-22/h1-12,14H,13,28H2,(H,29,34)/b30-14-. The first-order valence-electron chi connectivity index (χ1n) is 10.4. The summed E-state index contributed by atoms with van der Waals surface area (Å²) < 4.78 is 14.6. The fraction of sp³-hybridized carbons (Fsp3) is 0.0400. The molecule has 0 radical (unpaired) electrons. The van der Waals surface area contributed by atoms with E-state index in [-0.39, 0.29) is 23.7 Å². The van der Waals surface area contributed by atoms with Gasteiger partial charge in [0.05, 0.1) is 17.2 Å². The van der Waals surface area contributed by atoms with E-state index in [9.17, 15) is 9.18 Å². The van der Waals surface area contributed by atoms with Gasteiger partial charge in [0.1, 0.15) is 22.7 Å². The van der Waals surface area contributed by atoms with Crippen LogP contribution in [0.15, 0.2) is 77.9 Å². The van der Waals surface area contributed by atoms with Crippen molar-refractivity contribution in [2.45, 2.75) is 6.54 Å². The van der Waals surface area contributed by atoms with E-state index in [0.717, 1.165) is 11.1 Å². The van der Waals surface area contributed by atoms with E-state index in [0.29, 0.717) is 27.2 Å². The molecule has 0 unspecified atom stereocenters. The molecule has 3 N–H and O–H groups in total. The number of aromatic nitrogens is 3. The largest absolute Gasteiger partial charge is 0.383 e. The van der Waals surface area contributed by atoms with Crippen molar-refractivity contribution in [3.63, 3.8) is 0 Å². The number of amides is 1. The Balaban J connectivity index is 1.58. The van der Waals surface area contributed by atoms with E-state index in [1.54, 1.807) is 30.5 Å². The Kier molecular flexibility index (Phi) is 5.65. The SMILES string of the molecule is Nc1c(C(=O)NCc2ccc(F)cc2)c2nc3ccccc3nc2n1/N=C\c1cccc(Cl)c1. The molecule has 0 fully saturated rings. The number of benzene rings is 3. The number of nitrogen functional groups attached to an aromatic ring is 1. The van der Waals surface area contributed by atoms with Crippen molar-refractivity contribution in [1.29, 1.82) is 0 Å². The number of carbonyl (C=O) groups is 1. The van der Waals surface area contributed by atoms with E-state index in [4.69, 9.17) is 17.3 Å². The summed E-state index contributed by atoms with van der Waals surface area (Å²) in [5.74, 6) is -0.685. The Labute approximate surface area is 198 Å². The van der Waals surface area contributed by atoms with Gasteiger partial charge < -0.3 is 11.1 Å². The summed E-state index contributed by atoms with van der Waals surface area (Å²) in [6.07, 6.45) is 1.58. The molecule has 0 saturated heterocycles. The summed E-state index contributed by atoms with van der Waals surface area (Å²) in [6.45, 7) is 0.192. The van der Waals surface area contributed by atoms with Gasteiger partial charge in [0, 0.05) is 11.6 Å². The Morgan fingerprint density at radius 2 is 1.79 bits per heavy atom. The van der Waals surface area contributed by atoms with Gasteiger partial charge in [0.15, 0.2) is 5.65 Å². The molecule has 0 spiro atoms. The molecule has 2 aromatic heterocycles. The predicted octanol–water partition coefficient (Wildman–Crippen LogP) is 4.77. The number of fused-ring (bicyclic) bond motifs is 2. The van der Waals surface area contributed by atoms with E-state index in [2.05, 4.69) is 20.4 Å². The van der Waals surface area contributed by atoms with Crippen LogP contribution < -0.4 is 11.1 Å². The zero-order valence-electron chi connectivity index (χ0n) is 17.7. The summed E-state index contributed by atoms with van der Waals surface area (Å²) in [5, 5.41) is 7.86. The molecule has 0 aliphatic heterocycles. The van der Waals surface area contributed by atoms with Crippen LogP contribution in [0.1, 0.15) is 21.5 Å². The Hall–Kier alpha value is -4.30. The van der Waals surface area contributed by atoms with Crippen LogP contribution in [0, 0.1) is 5.82 Å². The molecule has 5 rings (SSSR count). The number of carbonyl (C=O) groups excluding carboxylic acids is 1. The molecule has 3 aromatic carbocycles. The normalized spacial score (nSPS) is 11.5. The van der Waals surface area contributed by atoms with Crippen LogP contribution in [0.2, 0.25) is 5.02 Å². The van der Waals surface area contributed by atoms with Gasteiger partial charge >= 0.3 is 0 Å². The maximum Gasteiger partial charge on any atom is 0.257 e. The molecule has 5 aromatic rings.